The first-order valence-corrected chi connectivity index (χ1v) is 10.6. The smallest absolute Gasteiger partial charge is 0.306 e. The van der Waals surface area contributed by atoms with E-state index < -0.39 is 5.60 Å². The van der Waals surface area contributed by atoms with Crippen molar-refractivity contribution in [1.29, 1.82) is 0 Å². The lowest BCUT2D eigenvalue weighted by Gasteiger charge is -2.31. The predicted octanol–water partition coefficient (Wildman–Crippen LogP) is 4.44. The molecule has 0 rings (SSSR count). The van der Waals surface area contributed by atoms with Crippen LogP contribution >= 0.6 is 25.3 Å². The molecule has 0 aromatic carbocycles. The van der Waals surface area contributed by atoms with Gasteiger partial charge in [0.15, 0.2) is 0 Å². The first-order valence-electron chi connectivity index (χ1n) is 9.43. The highest BCUT2D eigenvalue weighted by Gasteiger charge is 2.28. The topological polar surface area (TPSA) is 55.8 Å². The molecule has 0 aliphatic rings. The van der Waals surface area contributed by atoms with Crippen LogP contribution in [0.15, 0.2) is 0 Å². The van der Waals surface area contributed by atoms with E-state index in [1.807, 2.05) is 27.7 Å². The Balaban J connectivity index is 4.12. The molecule has 0 aromatic rings. The monoisotopic (exact) mass is 394 g/mol. The number of unbranched alkanes of at least 4 members (excludes halogenated alkanes) is 1. The summed E-state index contributed by atoms with van der Waals surface area (Å²) < 4.78 is 11.5. The molecule has 25 heavy (non-hydrogen) atoms. The molecule has 0 aliphatic carbocycles. The lowest BCUT2D eigenvalue weighted by molar-refractivity contribution is -0.161. The molecule has 6 heteroatoms. The van der Waals surface area contributed by atoms with Gasteiger partial charge in [-0.25, -0.2) is 0 Å². The zero-order valence-electron chi connectivity index (χ0n) is 16.4. The maximum atomic E-state index is 12.1. The fourth-order valence-electron chi connectivity index (χ4n) is 2.45. The standard InChI is InChI=1S/C19H38O4S2/c1-5-19(4,12-14-22-18(2,3)11-13-20)23-17(21)9-7-6-8-16(25)10-15-24/h16,20,24-25H,5-15H2,1-4H3. The number of aliphatic hydroxyl groups is 1. The zero-order chi connectivity index (χ0) is 19.3. The SMILES string of the molecule is CCC(C)(CCOC(C)(C)CCO)OC(=O)CCCCC(S)CCS. The Morgan fingerprint density at radius 2 is 1.84 bits per heavy atom. The number of carbonyl (C=O) groups is 1. The summed E-state index contributed by atoms with van der Waals surface area (Å²) in [6, 6.07) is 0. The number of rotatable bonds is 15. The van der Waals surface area contributed by atoms with E-state index >= 15 is 0 Å². The van der Waals surface area contributed by atoms with Gasteiger partial charge in [0.1, 0.15) is 5.60 Å². The second kappa shape index (κ2) is 13.3. The molecule has 2 unspecified atom stereocenters. The normalized spacial score (nSPS) is 15.6. The van der Waals surface area contributed by atoms with Crippen molar-refractivity contribution in [3.8, 4) is 0 Å². The van der Waals surface area contributed by atoms with Crippen molar-refractivity contribution in [2.45, 2.75) is 95.5 Å². The second-order valence-electron chi connectivity index (χ2n) is 7.52. The lowest BCUT2D eigenvalue weighted by Crippen LogP contribution is -2.35. The maximum Gasteiger partial charge on any atom is 0.306 e. The van der Waals surface area contributed by atoms with Gasteiger partial charge < -0.3 is 14.6 Å². The summed E-state index contributed by atoms with van der Waals surface area (Å²) in [5.41, 5.74) is -0.853. The van der Waals surface area contributed by atoms with Gasteiger partial charge in [0.2, 0.25) is 0 Å². The molecule has 0 spiro atoms. The second-order valence-corrected chi connectivity index (χ2v) is 8.70. The predicted molar refractivity (Wildman–Crippen MR) is 111 cm³/mol. The summed E-state index contributed by atoms with van der Waals surface area (Å²) in [7, 11) is 0. The summed E-state index contributed by atoms with van der Waals surface area (Å²) in [6.45, 7) is 8.52. The highest BCUT2D eigenvalue weighted by molar-refractivity contribution is 7.81. The minimum Gasteiger partial charge on any atom is -0.459 e. The average Bonchev–Trinajstić information content (AvgIpc) is 2.51. The molecule has 0 aromatic heterocycles. The van der Waals surface area contributed by atoms with Crippen LogP contribution in [0.25, 0.3) is 0 Å². The third-order valence-corrected chi connectivity index (χ3v) is 5.35. The summed E-state index contributed by atoms with van der Waals surface area (Å²) in [5.74, 6) is 0.714. The Hall–Kier alpha value is 0.0900. The third-order valence-electron chi connectivity index (χ3n) is 4.58. The van der Waals surface area contributed by atoms with Crippen molar-refractivity contribution in [2.24, 2.45) is 0 Å². The van der Waals surface area contributed by atoms with Crippen molar-refractivity contribution in [2.75, 3.05) is 19.0 Å². The average molecular weight is 395 g/mol. The molecule has 2 atom stereocenters. The molecule has 0 radical (unpaired) electrons. The molecule has 0 saturated heterocycles. The van der Waals surface area contributed by atoms with Gasteiger partial charge in [0, 0.05) is 24.7 Å². The van der Waals surface area contributed by atoms with E-state index in [4.69, 9.17) is 14.6 Å². The van der Waals surface area contributed by atoms with E-state index in [2.05, 4.69) is 25.3 Å². The van der Waals surface area contributed by atoms with E-state index in [9.17, 15) is 4.79 Å². The van der Waals surface area contributed by atoms with Gasteiger partial charge >= 0.3 is 5.97 Å². The largest absolute Gasteiger partial charge is 0.459 e. The molecule has 0 saturated carbocycles. The van der Waals surface area contributed by atoms with Crippen molar-refractivity contribution < 1.29 is 19.4 Å². The molecule has 0 aliphatic heterocycles. The number of aliphatic hydroxyl groups excluding tert-OH is 1. The Labute approximate surface area is 165 Å². The number of hydrogen-bond donors (Lipinski definition) is 3. The first kappa shape index (κ1) is 25.1. The minimum absolute atomic E-state index is 0.105. The van der Waals surface area contributed by atoms with Crippen LogP contribution in [0.2, 0.25) is 0 Å². The van der Waals surface area contributed by atoms with E-state index in [-0.39, 0.29) is 18.2 Å². The van der Waals surface area contributed by atoms with Crippen LogP contribution in [0.4, 0.5) is 0 Å². The molecule has 150 valence electrons. The summed E-state index contributed by atoms with van der Waals surface area (Å²) in [5, 5.41) is 9.40. The van der Waals surface area contributed by atoms with E-state index in [0.717, 1.165) is 37.9 Å². The lowest BCUT2D eigenvalue weighted by atomic mass is 9.98. The molecule has 0 amide bonds. The molecule has 0 fully saturated rings. The van der Waals surface area contributed by atoms with Crippen LogP contribution in [-0.2, 0) is 14.3 Å². The van der Waals surface area contributed by atoms with Crippen LogP contribution in [0.3, 0.4) is 0 Å². The van der Waals surface area contributed by atoms with Crippen LogP contribution in [0.1, 0.15) is 79.1 Å². The van der Waals surface area contributed by atoms with Gasteiger partial charge in [-0.15, -0.1) is 0 Å². The third kappa shape index (κ3) is 13.0. The quantitative estimate of drug-likeness (QED) is 0.218. The highest BCUT2D eigenvalue weighted by atomic mass is 32.1. The number of thiol groups is 2. The van der Waals surface area contributed by atoms with Crippen LogP contribution in [-0.4, -0.2) is 46.5 Å². The molecule has 0 heterocycles. The Kier molecular flexibility index (Phi) is 13.3. The number of esters is 1. The number of carbonyl (C=O) groups excluding carboxylic acids is 1. The highest BCUT2D eigenvalue weighted by Crippen LogP contribution is 2.24. The molecule has 0 bridgehead atoms. The first-order chi connectivity index (χ1) is 11.7. The van der Waals surface area contributed by atoms with Gasteiger partial charge in [0.25, 0.3) is 0 Å². The van der Waals surface area contributed by atoms with Gasteiger partial charge in [-0.05, 0) is 58.6 Å². The molecular formula is C19H38O4S2. The van der Waals surface area contributed by atoms with Crippen molar-refractivity contribution >= 4 is 31.2 Å². The number of hydrogen-bond acceptors (Lipinski definition) is 6. The maximum absolute atomic E-state index is 12.1. The summed E-state index contributed by atoms with van der Waals surface area (Å²) in [6.07, 6.45) is 6.28. The van der Waals surface area contributed by atoms with Gasteiger partial charge in [-0.2, -0.15) is 25.3 Å². The van der Waals surface area contributed by atoms with Crippen molar-refractivity contribution in [3.63, 3.8) is 0 Å². The van der Waals surface area contributed by atoms with Gasteiger partial charge in [0.05, 0.1) is 12.2 Å². The van der Waals surface area contributed by atoms with Crippen LogP contribution < -0.4 is 0 Å². The number of ether oxygens (including phenoxy) is 2. The molecular weight excluding hydrogens is 356 g/mol. The zero-order valence-corrected chi connectivity index (χ0v) is 18.2. The van der Waals surface area contributed by atoms with E-state index in [0.29, 0.717) is 31.1 Å². The Morgan fingerprint density at radius 1 is 1.16 bits per heavy atom. The van der Waals surface area contributed by atoms with Gasteiger partial charge in [-0.3, -0.25) is 4.79 Å². The summed E-state index contributed by atoms with van der Waals surface area (Å²) in [4.78, 5) is 12.1. The van der Waals surface area contributed by atoms with Crippen LogP contribution in [0.5, 0.6) is 0 Å². The van der Waals surface area contributed by atoms with Crippen LogP contribution in [0, 0.1) is 0 Å². The Bertz CT molecular complexity index is 363. The van der Waals surface area contributed by atoms with Crippen molar-refractivity contribution in [1.82, 2.24) is 0 Å². The summed E-state index contributed by atoms with van der Waals surface area (Å²) >= 11 is 8.71. The van der Waals surface area contributed by atoms with E-state index in [1.54, 1.807) is 0 Å². The molecule has 4 nitrogen and oxygen atoms in total. The fourth-order valence-corrected chi connectivity index (χ4v) is 3.28. The molecule has 1 N–H and O–H groups in total. The fraction of sp³-hybridized carbons (Fsp3) is 0.947. The minimum atomic E-state index is -0.496. The van der Waals surface area contributed by atoms with Crippen molar-refractivity contribution in [3.05, 3.63) is 0 Å². The Morgan fingerprint density at radius 3 is 2.40 bits per heavy atom. The van der Waals surface area contributed by atoms with E-state index in [1.165, 1.54) is 0 Å². The van der Waals surface area contributed by atoms with Gasteiger partial charge in [-0.1, -0.05) is 13.3 Å².